The van der Waals surface area contributed by atoms with E-state index in [1.807, 2.05) is 43.3 Å². The van der Waals surface area contributed by atoms with Crippen molar-refractivity contribution in [3.05, 3.63) is 63.6 Å². The number of anilines is 3. The van der Waals surface area contributed by atoms with Crippen molar-refractivity contribution >= 4 is 23.4 Å². The van der Waals surface area contributed by atoms with E-state index in [0.29, 0.717) is 43.4 Å². The monoisotopic (exact) mass is 489 g/mol. The Labute approximate surface area is 209 Å². The van der Waals surface area contributed by atoms with Crippen molar-refractivity contribution in [3.8, 4) is 11.4 Å². The number of aromatic amines is 1. The molecule has 0 spiro atoms. The van der Waals surface area contributed by atoms with Gasteiger partial charge in [-0.3, -0.25) is 4.79 Å². The number of aryl methyl sites for hydroxylation is 1. The highest BCUT2D eigenvalue weighted by Crippen LogP contribution is 2.31. The number of morpholine rings is 1. The predicted molar refractivity (Wildman–Crippen MR) is 140 cm³/mol. The van der Waals surface area contributed by atoms with Crippen molar-refractivity contribution in [2.45, 2.75) is 26.8 Å². The first-order valence-electron chi connectivity index (χ1n) is 12.3. The Morgan fingerprint density at radius 3 is 2.56 bits per heavy atom. The second-order valence-electron chi connectivity index (χ2n) is 8.98. The van der Waals surface area contributed by atoms with E-state index in [9.17, 15) is 9.59 Å². The second kappa shape index (κ2) is 10.4. The standard InChI is InChI=1S/C26H31N7O3/c1-3-27-26(35)28-19-7-5-18(6-8-19)23-29-21-16-33(22-9-4-17(2)25(34)30-22)11-10-20(21)24(31-23)32-12-14-36-15-13-32/h4-9H,3,10-16H2,1-2H3,(H,30,34)(H2,27,28,35). The molecular weight excluding hydrogens is 458 g/mol. The van der Waals surface area contributed by atoms with Gasteiger partial charge in [0.2, 0.25) is 0 Å². The number of aromatic nitrogens is 3. The number of nitrogens with zero attached hydrogens (tertiary/aromatic N) is 4. The number of urea groups is 1. The molecular formula is C26H31N7O3. The maximum atomic E-state index is 12.2. The van der Waals surface area contributed by atoms with Crippen molar-refractivity contribution in [1.29, 1.82) is 0 Å². The average molecular weight is 490 g/mol. The second-order valence-corrected chi connectivity index (χ2v) is 8.98. The molecule has 2 aliphatic heterocycles. The number of nitrogens with one attached hydrogen (secondary N) is 3. The first-order valence-corrected chi connectivity index (χ1v) is 12.3. The Morgan fingerprint density at radius 2 is 1.83 bits per heavy atom. The molecule has 1 saturated heterocycles. The topological polar surface area (TPSA) is 115 Å². The minimum Gasteiger partial charge on any atom is -0.378 e. The summed E-state index contributed by atoms with van der Waals surface area (Å²) in [5, 5.41) is 5.54. The number of amides is 2. The lowest BCUT2D eigenvalue weighted by Gasteiger charge is -2.34. The smallest absolute Gasteiger partial charge is 0.319 e. The average Bonchev–Trinajstić information content (AvgIpc) is 2.90. The molecule has 4 heterocycles. The molecule has 0 saturated carbocycles. The number of pyridine rings is 1. The number of rotatable bonds is 5. The predicted octanol–water partition coefficient (Wildman–Crippen LogP) is 2.68. The Kier molecular flexibility index (Phi) is 6.86. The van der Waals surface area contributed by atoms with Gasteiger partial charge >= 0.3 is 6.03 Å². The van der Waals surface area contributed by atoms with Crippen molar-refractivity contribution in [2.75, 3.05) is 54.5 Å². The van der Waals surface area contributed by atoms with Crippen LogP contribution in [-0.2, 0) is 17.7 Å². The van der Waals surface area contributed by atoms with E-state index >= 15 is 0 Å². The van der Waals surface area contributed by atoms with Gasteiger partial charge in [-0.25, -0.2) is 14.8 Å². The highest BCUT2D eigenvalue weighted by Gasteiger charge is 2.27. The minimum atomic E-state index is -0.237. The van der Waals surface area contributed by atoms with Gasteiger partial charge in [0.25, 0.3) is 5.56 Å². The van der Waals surface area contributed by atoms with E-state index in [1.165, 1.54) is 0 Å². The van der Waals surface area contributed by atoms with Gasteiger partial charge in [-0.1, -0.05) is 6.07 Å². The molecule has 3 aromatic rings. The highest BCUT2D eigenvalue weighted by atomic mass is 16.5. The van der Waals surface area contributed by atoms with Crippen LogP contribution in [0, 0.1) is 6.92 Å². The van der Waals surface area contributed by atoms with E-state index in [4.69, 9.17) is 14.7 Å². The summed E-state index contributed by atoms with van der Waals surface area (Å²) in [6.45, 7) is 8.50. The minimum absolute atomic E-state index is 0.0722. The third kappa shape index (κ3) is 5.03. The fraction of sp³-hybridized carbons (Fsp3) is 0.385. The van der Waals surface area contributed by atoms with E-state index in [1.54, 1.807) is 6.92 Å². The van der Waals surface area contributed by atoms with Crippen LogP contribution in [0.2, 0.25) is 0 Å². The lowest BCUT2D eigenvalue weighted by atomic mass is 10.0. The number of carbonyl (C=O) groups is 1. The summed E-state index contributed by atoms with van der Waals surface area (Å²) in [7, 11) is 0. The van der Waals surface area contributed by atoms with Crippen molar-refractivity contribution in [3.63, 3.8) is 0 Å². The molecule has 2 aliphatic rings. The number of hydrogen-bond acceptors (Lipinski definition) is 7. The zero-order valence-electron chi connectivity index (χ0n) is 20.6. The Balaban J connectivity index is 1.48. The van der Waals surface area contributed by atoms with Gasteiger partial charge in [0.1, 0.15) is 11.6 Å². The fourth-order valence-corrected chi connectivity index (χ4v) is 4.54. The van der Waals surface area contributed by atoms with Crippen LogP contribution in [0.4, 0.5) is 22.1 Å². The number of H-pyrrole nitrogens is 1. The SMILES string of the molecule is CCNC(=O)Nc1ccc(-c2nc3c(c(N4CCOCC4)n2)CCN(c2ccc(C)c(=O)[nH]2)C3)cc1. The normalized spacial score (nSPS) is 15.4. The molecule has 0 atom stereocenters. The van der Waals surface area contributed by atoms with Gasteiger partial charge in [0.05, 0.1) is 25.5 Å². The summed E-state index contributed by atoms with van der Waals surface area (Å²) in [4.78, 5) is 41.5. The molecule has 1 fully saturated rings. The van der Waals surface area contributed by atoms with Crippen LogP contribution in [0.5, 0.6) is 0 Å². The summed E-state index contributed by atoms with van der Waals surface area (Å²) in [6, 6.07) is 11.1. The molecule has 36 heavy (non-hydrogen) atoms. The molecule has 0 bridgehead atoms. The van der Waals surface area contributed by atoms with Gasteiger partial charge in [-0.2, -0.15) is 0 Å². The Hall–Kier alpha value is -3.92. The van der Waals surface area contributed by atoms with Gasteiger partial charge in [-0.15, -0.1) is 0 Å². The van der Waals surface area contributed by atoms with Crippen LogP contribution >= 0.6 is 0 Å². The van der Waals surface area contributed by atoms with E-state index < -0.39 is 0 Å². The van der Waals surface area contributed by atoms with Gasteiger partial charge < -0.3 is 30.2 Å². The zero-order chi connectivity index (χ0) is 25.1. The number of hydrogen-bond donors (Lipinski definition) is 3. The van der Waals surface area contributed by atoms with Crippen molar-refractivity contribution in [1.82, 2.24) is 20.3 Å². The maximum absolute atomic E-state index is 12.2. The number of ether oxygens (including phenoxy) is 1. The summed E-state index contributed by atoms with van der Waals surface area (Å²) in [5.74, 6) is 2.39. The largest absolute Gasteiger partial charge is 0.378 e. The van der Waals surface area contributed by atoms with Gasteiger partial charge in [0.15, 0.2) is 5.82 Å². The van der Waals surface area contributed by atoms with E-state index in [2.05, 4.69) is 25.4 Å². The summed E-state index contributed by atoms with van der Waals surface area (Å²) in [5.41, 5.74) is 4.30. The van der Waals surface area contributed by atoms with E-state index in [0.717, 1.165) is 54.5 Å². The molecule has 0 unspecified atom stereocenters. The Morgan fingerprint density at radius 1 is 1.06 bits per heavy atom. The number of fused-ring (bicyclic) bond motifs is 1. The molecule has 2 amide bonds. The van der Waals surface area contributed by atoms with Crippen LogP contribution in [0.1, 0.15) is 23.7 Å². The molecule has 0 radical (unpaired) electrons. The summed E-state index contributed by atoms with van der Waals surface area (Å²) >= 11 is 0. The first kappa shape index (κ1) is 23.8. The fourth-order valence-electron chi connectivity index (χ4n) is 4.54. The number of carbonyl (C=O) groups excluding carboxylic acids is 1. The summed E-state index contributed by atoms with van der Waals surface area (Å²) < 4.78 is 5.57. The van der Waals surface area contributed by atoms with E-state index in [-0.39, 0.29) is 11.6 Å². The molecule has 2 aromatic heterocycles. The van der Waals surface area contributed by atoms with Crippen LogP contribution in [0.15, 0.2) is 41.2 Å². The van der Waals surface area contributed by atoms with Crippen LogP contribution < -0.4 is 26.0 Å². The maximum Gasteiger partial charge on any atom is 0.319 e. The molecule has 0 aliphatic carbocycles. The lowest BCUT2D eigenvalue weighted by molar-refractivity contribution is 0.122. The molecule has 10 heteroatoms. The molecule has 5 rings (SSSR count). The molecule has 10 nitrogen and oxygen atoms in total. The summed E-state index contributed by atoms with van der Waals surface area (Å²) in [6.07, 6.45) is 0.785. The third-order valence-electron chi connectivity index (χ3n) is 6.52. The zero-order valence-corrected chi connectivity index (χ0v) is 20.6. The lowest BCUT2D eigenvalue weighted by Crippen LogP contribution is -2.40. The van der Waals surface area contributed by atoms with Crippen LogP contribution in [0.3, 0.4) is 0 Å². The van der Waals surface area contributed by atoms with Gasteiger partial charge in [-0.05, 0) is 50.6 Å². The van der Waals surface area contributed by atoms with Crippen LogP contribution in [0.25, 0.3) is 11.4 Å². The molecule has 3 N–H and O–H groups in total. The van der Waals surface area contributed by atoms with Crippen molar-refractivity contribution in [2.24, 2.45) is 0 Å². The van der Waals surface area contributed by atoms with Gasteiger partial charge in [0, 0.05) is 48.6 Å². The van der Waals surface area contributed by atoms with Crippen LogP contribution in [-0.4, -0.2) is 60.4 Å². The molecule has 1 aromatic carbocycles. The third-order valence-corrected chi connectivity index (χ3v) is 6.52. The van der Waals surface area contributed by atoms with Crippen molar-refractivity contribution < 1.29 is 9.53 Å². The highest BCUT2D eigenvalue weighted by molar-refractivity contribution is 5.89. The first-order chi connectivity index (χ1) is 17.5. The Bertz CT molecular complexity index is 1300. The molecule has 188 valence electrons. The number of benzene rings is 1. The quantitative estimate of drug-likeness (QED) is 0.505.